The molecular weight excluding hydrogens is 555 g/mol. The van der Waals surface area contributed by atoms with Gasteiger partial charge in [0.05, 0.1) is 12.1 Å². The van der Waals surface area contributed by atoms with E-state index in [4.69, 9.17) is 14.6 Å². The fourth-order valence-electron chi connectivity index (χ4n) is 5.33. The molecule has 1 N–H and O–H groups in total. The summed E-state index contributed by atoms with van der Waals surface area (Å²) in [5, 5.41) is 9.93. The highest BCUT2D eigenvalue weighted by molar-refractivity contribution is 8.16. The monoisotopic (exact) mass is 585 g/mol. The molecule has 6 rings (SSSR count). The summed E-state index contributed by atoms with van der Waals surface area (Å²) in [5.74, 6) is 0.716. The number of sulfonamides is 1. The van der Waals surface area contributed by atoms with Gasteiger partial charge in [0.2, 0.25) is 0 Å². The quantitative estimate of drug-likeness (QED) is 0.210. The van der Waals surface area contributed by atoms with E-state index >= 15 is 0 Å². The lowest BCUT2D eigenvalue weighted by atomic mass is 10.1. The van der Waals surface area contributed by atoms with E-state index in [2.05, 4.69) is 35.0 Å². The van der Waals surface area contributed by atoms with Crippen molar-refractivity contribution in [2.24, 2.45) is 0 Å². The molecule has 1 unspecified atom stereocenters. The molecule has 0 radical (unpaired) electrons. The molecule has 210 valence electrons. The fraction of sp³-hybridized carbons (Fsp3) is 0.258. The third-order valence-corrected chi connectivity index (χ3v) is 11.3. The number of benzene rings is 2. The van der Waals surface area contributed by atoms with Crippen LogP contribution in [0.3, 0.4) is 0 Å². The van der Waals surface area contributed by atoms with Gasteiger partial charge in [-0.05, 0) is 49.3 Å². The number of hydrogen-bond acceptors (Lipinski definition) is 7. The Morgan fingerprint density at radius 1 is 1.05 bits per heavy atom. The average Bonchev–Trinajstić information content (AvgIpc) is 3.67. The van der Waals surface area contributed by atoms with Gasteiger partial charge in [-0.25, -0.2) is 8.42 Å². The molecular formula is C31H31N5O3S2. The maximum atomic E-state index is 13.8. The minimum absolute atomic E-state index is 0.180. The van der Waals surface area contributed by atoms with E-state index in [1.807, 2.05) is 67.1 Å². The first-order chi connectivity index (χ1) is 19.7. The smallest absolute Gasteiger partial charge is 0.254 e. The molecule has 0 spiro atoms. The number of pyridine rings is 1. The van der Waals surface area contributed by atoms with Gasteiger partial charge < -0.3 is 4.52 Å². The van der Waals surface area contributed by atoms with Crippen LogP contribution in [0.1, 0.15) is 48.5 Å². The van der Waals surface area contributed by atoms with Crippen LogP contribution in [0.25, 0.3) is 22.2 Å². The van der Waals surface area contributed by atoms with Crippen molar-refractivity contribution in [1.29, 1.82) is 0 Å². The number of allylic oxidation sites excluding steroid dienone is 2. The Labute approximate surface area is 243 Å². The summed E-state index contributed by atoms with van der Waals surface area (Å²) in [6, 6.07) is 21.7. The number of aryl methyl sites for hydroxylation is 3. The van der Waals surface area contributed by atoms with E-state index in [1.165, 1.54) is 11.8 Å². The number of anilines is 1. The number of hydrogen-bond donors (Lipinski definition) is 1. The Balaban J connectivity index is 1.36. The van der Waals surface area contributed by atoms with Gasteiger partial charge in [0.1, 0.15) is 11.5 Å². The van der Waals surface area contributed by atoms with Gasteiger partial charge >= 0.3 is 0 Å². The Hall–Kier alpha value is -3.89. The lowest BCUT2D eigenvalue weighted by molar-refractivity contribution is 0.400. The Morgan fingerprint density at radius 3 is 2.44 bits per heavy atom. The molecule has 8 nitrogen and oxygen atoms in total. The van der Waals surface area contributed by atoms with Crippen molar-refractivity contribution in [2.75, 3.05) is 4.72 Å². The summed E-state index contributed by atoms with van der Waals surface area (Å²) in [6.45, 7) is 8.34. The first-order valence-corrected chi connectivity index (χ1v) is 15.8. The van der Waals surface area contributed by atoms with Crippen LogP contribution in [0.4, 0.5) is 5.82 Å². The van der Waals surface area contributed by atoms with Crippen LogP contribution in [-0.2, 0) is 27.1 Å². The second-order valence-electron chi connectivity index (χ2n) is 10.3. The minimum Gasteiger partial charge on any atom is -0.360 e. The van der Waals surface area contributed by atoms with Gasteiger partial charge in [-0.15, -0.1) is 11.8 Å². The largest absolute Gasteiger partial charge is 0.360 e. The molecule has 0 saturated carbocycles. The molecule has 1 aliphatic heterocycles. The normalized spacial score (nSPS) is 17.2. The van der Waals surface area contributed by atoms with Crippen LogP contribution in [0.5, 0.6) is 0 Å². The zero-order valence-electron chi connectivity index (χ0n) is 23.4. The number of nitrogens with zero attached hydrogens (tertiary/aromatic N) is 4. The second kappa shape index (κ2) is 10.5. The van der Waals surface area contributed by atoms with Gasteiger partial charge in [0.25, 0.3) is 10.0 Å². The zero-order valence-corrected chi connectivity index (χ0v) is 25.0. The summed E-state index contributed by atoms with van der Waals surface area (Å²) in [7, 11) is -3.87. The van der Waals surface area contributed by atoms with Crippen molar-refractivity contribution in [1.82, 2.24) is 19.9 Å². The lowest BCUT2D eigenvalue weighted by Crippen LogP contribution is -2.35. The zero-order chi connectivity index (χ0) is 28.8. The van der Waals surface area contributed by atoms with E-state index in [9.17, 15) is 8.42 Å². The van der Waals surface area contributed by atoms with Gasteiger partial charge in [0.15, 0.2) is 9.90 Å². The predicted octanol–water partition coefficient (Wildman–Crippen LogP) is 6.95. The fourth-order valence-corrected chi connectivity index (χ4v) is 8.68. The summed E-state index contributed by atoms with van der Waals surface area (Å²) in [4.78, 5) is 5.78. The molecule has 0 bridgehead atoms. The van der Waals surface area contributed by atoms with E-state index < -0.39 is 14.1 Å². The highest BCUT2D eigenvalue weighted by Gasteiger charge is 2.49. The van der Waals surface area contributed by atoms with Gasteiger partial charge in [-0.2, -0.15) is 5.10 Å². The van der Waals surface area contributed by atoms with E-state index in [0.29, 0.717) is 24.3 Å². The van der Waals surface area contributed by atoms with Crippen molar-refractivity contribution >= 4 is 38.5 Å². The first-order valence-electron chi connectivity index (χ1n) is 13.5. The molecule has 5 aromatic rings. The number of fused-ring (bicyclic) bond motifs is 1. The van der Waals surface area contributed by atoms with Crippen LogP contribution < -0.4 is 4.72 Å². The number of nitrogens with one attached hydrogen (secondary N) is 1. The summed E-state index contributed by atoms with van der Waals surface area (Å²) < 4.78 is 36.1. The molecule has 0 saturated heterocycles. The van der Waals surface area contributed by atoms with E-state index in [0.717, 1.165) is 50.4 Å². The molecule has 41 heavy (non-hydrogen) atoms. The van der Waals surface area contributed by atoms with E-state index in [-0.39, 0.29) is 5.82 Å². The van der Waals surface area contributed by atoms with Crippen LogP contribution in [-0.4, -0.2) is 28.3 Å². The predicted molar refractivity (Wildman–Crippen MR) is 164 cm³/mol. The van der Waals surface area contributed by atoms with Crippen molar-refractivity contribution in [3.05, 3.63) is 106 Å². The van der Waals surface area contributed by atoms with Crippen LogP contribution in [0, 0.1) is 13.8 Å². The van der Waals surface area contributed by atoms with Crippen molar-refractivity contribution in [3.63, 3.8) is 0 Å². The van der Waals surface area contributed by atoms with Crippen LogP contribution in [0.15, 0.2) is 82.2 Å². The number of aromatic nitrogens is 4. The molecule has 0 fully saturated rings. The van der Waals surface area contributed by atoms with Crippen molar-refractivity contribution in [3.8, 4) is 11.3 Å². The highest BCUT2D eigenvalue weighted by Crippen LogP contribution is 2.53. The van der Waals surface area contributed by atoms with Crippen LogP contribution in [0.2, 0.25) is 0 Å². The standard InChI is InChI=1S/C31H31N5O3S2/c1-5-26-18-27-29(22(4)32-26)30(24-9-7-6-8-10-24)33-36(27)19-23-11-13-25(14-12-23)31(16-15-21(3)40-31)41(37,38)35-28-17-20(2)39-34-28/h6-15,17-18H,5,16,19H2,1-4H3,(H,34,35). The summed E-state index contributed by atoms with van der Waals surface area (Å²) in [6.07, 6.45) is 3.15. The minimum atomic E-state index is -3.87. The SMILES string of the molecule is CCc1cc2c(c(C)n1)c(-c1ccccc1)nn2Cc1ccc(C2(S(=O)(=O)Nc3cc(C)on3)CC=C(C)S2)cc1. The summed E-state index contributed by atoms with van der Waals surface area (Å²) >= 11 is 1.35. The van der Waals surface area contributed by atoms with Crippen LogP contribution >= 0.6 is 11.8 Å². The van der Waals surface area contributed by atoms with Gasteiger partial charge in [0, 0.05) is 34.8 Å². The molecule has 10 heteroatoms. The second-order valence-corrected chi connectivity index (χ2v) is 14.0. The molecule has 4 heterocycles. The Bertz CT molecular complexity index is 1880. The number of thioether (sulfide) groups is 1. The van der Waals surface area contributed by atoms with Gasteiger partial charge in [-0.3, -0.25) is 14.4 Å². The van der Waals surface area contributed by atoms with Gasteiger partial charge in [-0.1, -0.05) is 72.8 Å². The van der Waals surface area contributed by atoms with Crippen molar-refractivity contribution < 1.29 is 12.9 Å². The Kier molecular flexibility index (Phi) is 6.99. The topological polar surface area (TPSA) is 103 Å². The molecule has 1 aliphatic rings. The average molecular weight is 586 g/mol. The molecule has 0 aliphatic carbocycles. The summed E-state index contributed by atoms with van der Waals surface area (Å²) in [5.41, 5.74) is 6.70. The maximum absolute atomic E-state index is 13.8. The highest BCUT2D eigenvalue weighted by atomic mass is 32.3. The van der Waals surface area contributed by atoms with E-state index in [1.54, 1.807) is 13.0 Å². The number of rotatable bonds is 8. The third-order valence-electron chi connectivity index (χ3n) is 7.39. The lowest BCUT2D eigenvalue weighted by Gasteiger charge is -2.29. The third kappa shape index (κ3) is 4.95. The molecule has 1 atom stereocenters. The first kappa shape index (κ1) is 27.3. The Morgan fingerprint density at radius 2 is 1.80 bits per heavy atom. The maximum Gasteiger partial charge on any atom is 0.254 e. The molecule has 0 amide bonds. The molecule has 3 aromatic heterocycles. The molecule has 2 aromatic carbocycles. The van der Waals surface area contributed by atoms with Crippen molar-refractivity contribution in [2.45, 2.75) is 51.2 Å².